The summed E-state index contributed by atoms with van der Waals surface area (Å²) >= 11 is 12.0. The first-order chi connectivity index (χ1) is 10.4. The Balaban J connectivity index is 2.98. The number of ether oxygens (including phenoxy) is 1. The summed E-state index contributed by atoms with van der Waals surface area (Å²) in [6, 6.07) is 0. The van der Waals surface area contributed by atoms with Crippen LogP contribution in [0.15, 0.2) is 22.6 Å². The first-order valence-electron chi connectivity index (χ1n) is 6.35. The molecule has 0 saturated carbocycles. The Morgan fingerprint density at radius 2 is 1.91 bits per heavy atom. The Morgan fingerprint density at radius 3 is 2.45 bits per heavy atom. The molecule has 22 heavy (non-hydrogen) atoms. The number of halogens is 2. The van der Waals surface area contributed by atoms with Gasteiger partial charge in [0.25, 0.3) is 0 Å². The zero-order chi connectivity index (χ0) is 16.7. The third-order valence-electron chi connectivity index (χ3n) is 2.35. The number of nitrogens with zero attached hydrogens (tertiary/aromatic N) is 1. The third-order valence-corrected chi connectivity index (χ3v) is 3.00. The second-order valence-electron chi connectivity index (χ2n) is 3.90. The minimum Gasteiger partial charge on any atom is -0.410 e. The number of rotatable bonds is 5. The van der Waals surface area contributed by atoms with Crippen LogP contribution in [-0.4, -0.2) is 42.1 Å². The molecule has 8 nitrogen and oxygen atoms in total. The summed E-state index contributed by atoms with van der Waals surface area (Å²) in [6.45, 7) is 4.04. The molecular formula is C12H15Cl2N3O5. The Kier molecular flexibility index (Phi) is 7.00. The summed E-state index contributed by atoms with van der Waals surface area (Å²) in [5.74, 6) is -0.198. The van der Waals surface area contributed by atoms with Gasteiger partial charge in [0.1, 0.15) is 5.16 Å². The molecule has 0 aromatic carbocycles. The van der Waals surface area contributed by atoms with Crippen LogP contribution < -0.4 is 10.6 Å². The number of carbonyl (C=O) groups excluding carboxylic acids is 3. The number of hydroxylamine groups is 2. The monoisotopic (exact) mass is 351 g/mol. The largest absolute Gasteiger partial charge is 0.431 e. The molecule has 0 aromatic rings. The number of hydrogen-bond donors (Lipinski definition) is 2. The van der Waals surface area contributed by atoms with Crippen LogP contribution in [0.1, 0.15) is 13.8 Å². The van der Waals surface area contributed by atoms with Gasteiger partial charge in [-0.3, -0.25) is 4.79 Å². The number of hydrogen-bond acceptors (Lipinski definition) is 6. The number of nitrogens with one attached hydrogen (secondary N) is 2. The van der Waals surface area contributed by atoms with Crippen molar-refractivity contribution in [1.82, 2.24) is 15.7 Å². The average Bonchev–Trinajstić information content (AvgIpc) is 2.46. The number of carbonyl (C=O) groups is 3. The summed E-state index contributed by atoms with van der Waals surface area (Å²) in [5.41, 5.74) is -1.31. The normalized spacial score (nSPS) is 17.5. The van der Waals surface area contributed by atoms with E-state index in [9.17, 15) is 14.4 Å². The van der Waals surface area contributed by atoms with Crippen molar-refractivity contribution >= 4 is 41.7 Å². The fourth-order valence-corrected chi connectivity index (χ4v) is 2.07. The number of alkyl halides is 1. The Labute approximate surface area is 137 Å². The number of allylic oxidation sites excluding steroid dienone is 2. The molecule has 0 spiro atoms. The second-order valence-corrected chi connectivity index (χ2v) is 4.70. The molecule has 10 heteroatoms. The Morgan fingerprint density at radius 1 is 1.32 bits per heavy atom. The van der Waals surface area contributed by atoms with Gasteiger partial charge in [-0.15, -0.1) is 0 Å². The SMILES string of the molecule is CCNC(=O)OC1=C(C=O)C=C(Cl)N(OC(=O)NCC)C1Cl. The summed E-state index contributed by atoms with van der Waals surface area (Å²) in [4.78, 5) is 38.9. The summed E-state index contributed by atoms with van der Waals surface area (Å²) in [6.07, 6.45) is -0.00438. The van der Waals surface area contributed by atoms with Crippen LogP contribution in [0.2, 0.25) is 0 Å². The van der Waals surface area contributed by atoms with Crippen molar-refractivity contribution in [1.29, 1.82) is 0 Å². The van der Waals surface area contributed by atoms with Crippen LogP contribution in [0, 0.1) is 0 Å². The molecule has 0 bridgehead atoms. The van der Waals surface area contributed by atoms with Crippen molar-refractivity contribution in [2.24, 2.45) is 0 Å². The molecule has 1 unspecified atom stereocenters. The van der Waals surface area contributed by atoms with E-state index in [-0.39, 0.29) is 16.5 Å². The van der Waals surface area contributed by atoms with Gasteiger partial charge in [0.2, 0.25) is 0 Å². The van der Waals surface area contributed by atoms with Crippen LogP contribution in [-0.2, 0) is 14.4 Å². The maximum atomic E-state index is 11.5. The van der Waals surface area contributed by atoms with Crippen LogP contribution in [0.4, 0.5) is 9.59 Å². The van der Waals surface area contributed by atoms with Gasteiger partial charge in [-0.25, -0.2) is 9.59 Å². The fourth-order valence-electron chi connectivity index (χ4n) is 1.45. The van der Waals surface area contributed by atoms with E-state index < -0.39 is 17.7 Å². The molecule has 2 N–H and O–H groups in total. The number of amides is 2. The zero-order valence-corrected chi connectivity index (χ0v) is 13.4. The topological polar surface area (TPSA) is 97.0 Å². The van der Waals surface area contributed by atoms with Crippen LogP contribution >= 0.6 is 23.2 Å². The van der Waals surface area contributed by atoms with Crippen molar-refractivity contribution in [3.05, 3.63) is 22.6 Å². The van der Waals surface area contributed by atoms with Crippen molar-refractivity contribution in [2.75, 3.05) is 13.1 Å². The van der Waals surface area contributed by atoms with E-state index in [1.807, 2.05) is 0 Å². The first-order valence-corrected chi connectivity index (χ1v) is 7.17. The highest BCUT2D eigenvalue weighted by Crippen LogP contribution is 2.31. The van der Waals surface area contributed by atoms with Gasteiger partial charge in [0.05, 0.1) is 5.57 Å². The van der Waals surface area contributed by atoms with Crippen molar-refractivity contribution < 1.29 is 24.0 Å². The van der Waals surface area contributed by atoms with Crippen molar-refractivity contribution in [2.45, 2.75) is 19.3 Å². The number of aldehydes is 1. The standard InChI is InChI=1S/C12H15Cl2N3O5/c1-3-15-11(19)21-9-7(6-18)5-8(13)17(10(9)14)22-12(20)16-4-2/h5-6,10H,3-4H2,1-2H3,(H,15,19)(H,16,20). The molecule has 1 heterocycles. The van der Waals surface area contributed by atoms with Gasteiger partial charge < -0.3 is 20.2 Å². The lowest BCUT2D eigenvalue weighted by Crippen LogP contribution is -2.40. The minimum atomic E-state index is -1.28. The highest BCUT2D eigenvalue weighted by Gasteiger charge is 2.34. The molecule has 0 saturated heterocycles. The second kappa shape index (κ2) is 8.50. The smallest absolute Gasteiger partial charge is 0.410 e. The van der Waals surface area contributed by atoms with Gasteiger partial charge in [-0.05, 0) is 19.9 Å². The first kappa shape index (κ1) is 18.1. The lowest BCUT2D eigenvalue weighted by atomic mass is 10.2. The maximum absolute atomic E-state index is 11.5. The summed E-state index contributed by atoms with van der Waals surface area (Å²) in [5, 5.41) is 5.47. The van der Waals surface area contributed by atoms with Crippen molar-refractivity contribution in [3.8, 4) is 0 Å². The number of alkyl carbamates (subject to hydrolysis) is 1. The van der Waals surface area contributed by atoms with E-state index in [2.05, 4.69) is 10.6 Å². The molecule has 0 radical (unpaired) electrons. The molecule has 1 atom stereocenters. The Hall–Kier alpha value is -1.93. The van der Waals surface area contributed by atoms with Gasteiger partial charge in [0.15, 0.2) is 17.5 Å². The average molecular weight is 352 g/mol. The quantitative estimate of drug-likeness (QED) is 0.445. The molecular weight excluding hydrogens is 337 g/mol. The molecule has 1 aliphatic heterocycles. The van der Waals surface area contributed by atoms with Crippen molar-refractivity contribution in [3.63, 3.8) is 0 Å². The van der Waals surface area contributed by atoms with Gasteiger partial charge in [-0.1, -0.05) is 23.2 Å². The maximum Gasteiger partial charge on any atom is 0.431 e. The fraction of sp³-hybridized carbons (Fsp3) is 0.417. The van der Waals surface area contributed by atoms with E-state index in [4.69, 9.17) is 32.8 Å². The highest BCUT2D eigenvalue weighted by atomic mass is 35.5. The molecule has 0 fully saturated rings. The molecule has 1 rings (SSSR count). The Bertz CT molecular complexity index is 521. The van der Waals surface area contributed by atoms with Crippen LogP contribution in [0.5, 0.6) is 0 Å². The lowest BCUT2D eigenvalue weighted by Gasteiger charge is -2.30. The minimum absolute atomic E-state index is 0.0352. The molecule has 122 valence electrons. The summed E-state index contributed by atoms with van der Waals surface area (Å²) in [7, 11) is 0. The van der Waals surface area contributed by atoms with E-state index in [0.29, 0.717) is 19.4 Å². The lowest BCUT2D eigenvalue weighted by molar-refractivity contribution is -0.105. The predicted octanol–water partition coefficient (Wildman–Crippen LogP) is 1.81. The van der Waals surface area contributed by atoms with E-state index in [0.717, 1.165) is 5.06 Å². The molecule has 0 aliphatic carbocycles. The van der Waals surface area contributed by atoms with E-state index >= 15 is 0 Å². The molecule has 0 aromatic heterocycles. The highest BCUT2D eigenvalue weighted by molar-refractivity contribution is 6.31. The van der Waals surface area contributed by atoms with Gasteiger partial charge in [-0.2, -0.15) is 5.06 Å². The zero-order valence-electron chi connectivity index (χ0n) is 11.9. The van der Waals surface area contributed by atoms with Gasteiger partial charge in [0, 0.05) is 13.1 Å². The molecule has 1 aliphatic rings. The van der Waals surface area contributed by atoms with Crippen LogP contribution in [0.25, 0.3) is 0 Å². The van der Waals surface area contributed by atoms with Gasteiger partial charge >= 0.3 is 12.2 Å². The van der Waals surface area contributed by atoms with Crippen LogP contribution in [0.3, 0.4) is 0 Å². The van der Waals surface area contributed by atoms with E-state index in [1.165, 1.54) is 6.08 Å². The summed E-state index contributed by atoms with van der Waals surface area (Å²) < 4.78 is 4.98. The third kappa shape index (κ3) is 4.54. The van der Waals surface area contributed by atoms with E-state index in [1.54, 1.807) is 13.8 Å². The molecule has 2 amide bonds. The predicted molar refractivity (Wildman–Crippen MR) is 78.8 cm³/mol.